The fraction of sp³-hybridized carbons (Fsp3) is 0.292. The van der Waals surface area contributed by atoms with Gasteiger partial charge in [0.15, 0.2) is 0 Å². The number of nitrogens with zero attached hydrogens (tertiary/aromatic N) is 1. The molecule has 3 aromatic rings. The Hall–Kier alpha value is -2.66. The van der Waals surface area contributed by atoms with E-state index in [-0.39, 0.29) is 11.7 Å². The van der Waals surface area contributed by atoms with E-state index in [9.17, 15) is 9.18 Å². The van der Waals surface area contributed by atoms with Gasteiger partial charge in [0, 0.05) is 24.7 Å². The number of likely N-dealkylation sites (tertiary alicyclic amines) is 1. The fourth-order valence-corrected chi connectivity index (χ4v) is 4.59. The van der Waals surface area contributed by atoms with Crippen LogP contribution in [-0.2, 0) is 13.0 Å². The van der Waals surface area contributed by atoms with E-state index in [0.29, 0.717) is 18.3 Å². The van der Waals surface area contributed by atoms with E-state index in [4.69, 9.17) is 4.74 Å². The Labute approximate surface area is 174 Å². The molecule has 1 aliphatic heterocycles. The largest absolute Gasteiger partial charge is 0.489 e. The van der Waals surface area contributed by atoms with Gasteiger partial charge in [-0.15, -0.1) is 11.3 Å². The molecule has 0 spiro atoms. The van der Waals surface area contributed by atoms with Gasteiger partial charge in [0.05, 0.1) is 4.88 Å². The second kappa shape index (κ2) is 9.23. The predicted molar refractivity (Wildman–Crippen MR) is 114 cm³/mol. The molecule has 3 nitrogen and oxygen atoms in total. The quantitative estimate of drug-likeness (QED) is 0.533. The van der Waals surface area contributed by atoms with Crippen molar-refractivity contribution < 1.29 is 13.9 Å². The molecule has 1 fully saturated rings. The van der Waals surface area contributed by atoms with Crippen LogP contribution in [0.3, 0.4) is 0 Å². The molecular formula is C24H24FNO2S. The number of amides is 1. The summed E-state index contributed by atoms with van der Waals surface area (Å²) in [6.07, 6.45) is 3.17. The Morgan fingerprint density at radius 3 is 2.59 bits per heavy atom. The smallest absolute Gasteiger partial charge is 0.263 e. The van der Waals surface area contributed by atoms with Gasteiger partial charge < -0.3 is 9.64 Å². The molecule has 2 aromatic carbocycles. The second-order valence-electron chi connectivity index (χ2n) is 7.49. The van der Waals surface area contributed by atoms with E-state index < -0.39 is 0 Å². The molecule has 0 atom stereocenters. The highest BCUT2D eigenvalue weighted by atomic mass is 32.1. The van der Waals surface area contributed by atoms with Gasteiger partial charge in [0.2, 0.25) is 0 Å². The van der Waals surface area contributed by atoms with Crippen LogP contribution in [0.1, 0.15) is 33.6 Å². The summed E-state index contributed by atoms with van der Waals surface area (Å²) in [5.74, 6) is 0.911. The van der Waals surface area contributed by atoms with Crippen LogP contribution in [0.15, 0.2) is 66.0 Å². The van der Waals surface area contributed by atoms with Crippen molar-refractivity contribution in [2.75, 3.05) is 13.1 Å². The van der Waals surface area contributed by atoms with Crippen LogP contribution in [0.25, 0.3) is 0 Å². The van der Waals surface area contributed by atoms with Crippen molar-refractivity contribution in [1.82, 2.24) is 4.90 Å². The summed E-state index contributed by atoms with van der Waals surface area (Å²) >= 11 is 1.45. The SMILES string of the molecule is O=C(c1cc(COc2cccc(F)c2)cs1)N1CCC(Cc2ccccc2)CC1. The summed E-state index contributed by atoms with van der Waals surface area (Å²) in [5, 5.41) is 1.94. The number of ether oxygens (including phenoxy) is 1. The van der Waals surface area contributed by atoms with Crippen LogP contribution in [0.5, 0.6) is 5.75 Å². The molecule has 0 aliphatic carbocycles. The zero-order chi connectivity index (χ0) is 20.1. The normalized spacial score (nSPS) is 14.7. The van der Waals surface area contributed by atoms with Gasteiger partial charge in [0.25, 0.3) is 5.91 Å². The van der Waals surface area contributed by atoms with Crippen molar-refractivity contribution in [3.8, 4) is 5.75 Å². The van der Waals surface area contributed by atoms with Crippen LogP contribution in [0.4, 0.5) is 4.39 Å². The Bertz CT molecular complexity index is 948. The minimum atomic E-state index is -0.320. The van der Waals surface area contributed by atoms with E-state index >= 15 is 0 Å². The summed E-state index contributed by atoms with van der Waals surface area (Å²) in [7, 11) is 0. The van der Waals surface area contributed by atoms with Gasteiger partial charge in [0.1, 0.15) is 18.2 Å². The van der Waals surface area contributed by atoms with Gasteiger partial charge in [-0.3, -0.25) is 4.79 Å². The molecule has 29 heavy (non-hydrogen) atoms. The summed E-state index contributed by atoms with van der Waals surface area (Å²) in [6, 6.07) is 18.5. The monoisotopic (exact) mass is 409 g/mol. The molecule has 2 heterocycles. The third-order valence-corrected chi connectivity index (χ3v) is 6.30. The van der Waals surface area contributed by atoms with E-state index in [1.807, 2.05) is 22.4 Å². The van der Waals surface area contributed by atoms with Crippen molar-refractivity contribution in [1.29, 1.82) is 0 Å². The highest BCUT2D eigenvalue weighted by molar-refractivity contribution is 7.12. The van der Waals surface area contributed by atoms with Gasteiger partial charge in [-0.2, -0.15) is 0 Å². The summed E-state index contributed by atoms with van der Waals surface area (Å²) in [5.41, 5.74) is 2.31. The molecule has 150 valence electrons. The highest BCUT2D eigenvalue weighted by Crippen LogP contribution is 2.25. The molecule has 0 radical (unpaired) electrons. The molecule has 4 rings (SSSR count). The number of rotatable bonds is 6. The maximum atomic E-state index is 13.2. The minimum Gasteiger partial charge on any atom is -0.489 e. The zero-order valence-electron chi connectivity index (χ0n) is 16.2. The van der Waals surface area contributed by atoms with Gasteiger partial charge in [-0.25, -0.2) is 4.39 Å². The van der Waals surface area contributed by atoms with E-state index in [1.165, 1.54) is 29.0 Å². The lowest BCUT2D eigenvalue weighted by Crippen LogP contribution is -2.38. The molecule has 1 amide bonds. The Balaban J connectivity index is 1.28. The van der Waals surface area contributed by atoms with Crippen LogP contribution < -0.4 is 4.74 Å². The number of carbonyl (C=O) groups is 1. The number of benzene rings is 2. The van der Waals surface area contributed by atoms with E-state index in [2.05, 4.69) is 24.3 Å². The van der Waals surface area contributed by atoms with Gasteiger partial charge in [-0.05, 0) is 54.3 Å². The summed E-state index contributed by atoms with van der Waals surface area (Å²) in [6.45, 7) is 1.94. The Morgan fingerprint density at radius 2 is 1.83 bits per heavy atom. The first kappa shape index (κ1) is 19.6. The average Bonchev–Trinajstić information content (AvgIpc) is 3.22. The number of hydrogen-bond donors (Lipinski definition) is 0. The van der Waals surface area contributed by atoms with E-state index in [1.54, 1.807) is 12.1 Å². The van der Waals surface area contributed by atoms with Crippen molar-refractivity contribution in [2.24, 2.45) is 5.92 Å². The van der Waals surface area contributed by atoms with Gasteiger partial charge >= 0.3 is 0 Å². The molecule has 1 aromatic heterocycles. The molecule has 1 aliphatic rings. The van der Waals surface area contributed by atoms with Crippen molar-refractivity contribution in [2.45, 2.75) is 25.9 Å². The third kappa shape index (κ3) is 5.24. The average molecular weight is 410 g/mol. The highest BCUT2D eigenvalue weighted by Gasteiger charge is 2.24. The molecule has 0 saturated carbocycles. The lowest BCUT2D eigenvalue weighted by molar-refractivity contribution is 0.0695. The molecule has 0 N–H and O–H groups in total. The first-order valence-electron chi connectivity index (χ1n) is 9.96. The maximum absolute atomic E-state index is 13.2. The van der Waals surface area contributed by atoms with Crippen LogP contribution >= 0.6 is 11.3 Å². The lowest BCUT2D eigenvalue weighted by Gasteiger charge is -2.31. The predicted octanol–water partition coefficient (Wildman–Crippen LogP) is 5.56. The standard InChI is InChI=1S/C24H24FNO2S/c25-21-7-4-8-22(15-21)28-16-20-14-23(29-17-20)24(27)26-11-9-19(10-12-26)13-18-5-2-1-3-6-18/h1-8,14-15,17,19H,9-13,16H2. The lowest BCUT2D eigenvalue weighted by atomic mass is 9.90. The van der Waals surface area contributed by atoms with Crippen LogP contribution in [-0.4, -0.2) is 23.9 Å². The fourth-order valence-electron chi connectivity index (χ4n) is 3.73. The van der Waals surface area contributed by atoms with Gasteiger partial charge in [-0.1, -0.05) is 36.4 Å². The number of piperidine rings is 1. The molecule has 1 saturated heterocycles. The number of halogens is 1. The first-order valence-corrected chi connectivity index (χ1v) is 10.8. The summed E-state index contributed by atoms with van der Waals surface area (Å²) < 4.78 is 18.9. The maximum Gasteiger partial charge on any atom is 0.263 e. The number of carbonyl (C=O) groups excluding carboxylic acids is 1. The first-order chi connectivity index (χ1) is 14.2. The van der Waals surface area contributed by atoms with Crippen molar-refractivity contribution in [3.63, 3.8) is 0 Å². The number of hydrogen-bond acceptors (Lipinski definition) is 3. The molecule has 0 unspecified atom stereocenters. The third-order valence-electron chi connectivity index (χ3n) is 5.34. The molecule has 0 bridgehead atoms. The topological polar surface area (TPSA) is 29.5 Å². The Kier molecular flexibility index (Phi) is 6.25. The molecule has 5 heteroatoms. The zero-order valence-corrected chi connectivity index (χ0v) is 17.0. The van der Waals surface area contributed by atoms with Crippen molar-refractivity contribution in [3.05, 3.63) is 87.9 Å². The van der Waals surface area contributed by atoms with E-state index in [0.717, 1.165) is 42.8 Å². The minimum absolute atomic E-state index is 0.102. The summed E-state index contributed by atoms with van der Waals surface area (Å²) in [4.78, 5) is 15.5. The number of thiophene rings is 1. The Morgan fingerprint density at radius 1 is 1.03 bits per heavy atom. The van der Waals surface area contributed by atoms with Crippen LogP contribution in [0.2, 0.25) is 0 Å². The second-order valence-corrected chi connectivity index (χ2v) is 8.40. The van der Waals surface area contributed by atoms with Crippen molar-refractivity contribution >= 4 is 17.2 Å². The van der Waals surface area contributed by atoms with Crippen LogP contribution in [0, 0.1) is 11.7 Å². The molecular weight excluding hydrogens is 385 g/mol.